The molecule has 2 saturated heterocycles. The first-order valence-electron chi connectivity index (χ1n) is 10.3. The van der Waals surface area contributed by atoms with Crippen molar-refractivity contribution in [3.63, 3.8) is 0 Å². The molecule has 0 unspecified atom stereocenters. The van der Waals surface area contributed by atoms with Gasteiger partial charge < -0.3 is 15.1 Å². The second-order valence-corrected chi connectivity index (χ2v) is 9.14. The van der Waals surface area contributed by atoms with Gasteiger partial charge in [0.25, 0.3) is 11.6 Å². The second kappa shape index (κ2) is 8.97. The molecule has 0 radical (unpaired) electrons. The number of hydrogen-bond donors (Lipinski definition) is 1. The third-order valence-corrected chi connectivity index (χ3v) is 7.42. The van der Waals surface area contributed by atoms with Crippen molar-refractivity contribution in [2.45, 2.75) is 24.3 Å². The molecule has 0 saturated carbocycles. The van der Waals surface area contributed by atoms with Crippen molar-refractivity contribution in [2.24, 2.45) is 0 Å². The molecule has 0 atom stereocenters. The normalized spacial score (nSPS) is 17.5. The lowest BCUT2D eigenvalue weighted by Crippen LogP contribution is -2.55. The molecule has 2 fully saturated rings. The van der Waals surface area contributed by atoms with E-state index in [1.165, 1.54) is 24.3 Å². The fraction of sp³-hybridized carbons (Fsp3) is 0.364. The first-order chi connectivity index (χ1) is 15.0. The van der Waals surface area contributed by atoms with Crippen LogP contribution in [0.5, 0.6) is 0 Å². The van der Waals surface area contributed by atoms with E-state index < -0.39 is 4.92 Å². The fourth-order valence-electron chi connectivity index (χ4n) is 4.14. The third kappa shape index (κ3) is 4.51. The summed E-state index contributed by atoms with van der Waals surface area (Å²) >= 11 is 1.77. The van der Waals surface area contributed by atoms with Crippen LogP contribution in [0.4, 0.5) is 10.5 Å². The lowest BCUT2D eigenvalue weighted by atomic mass is 10.0. The summed E-state index contributed by atoms with van der Waals surface area (Å²) in [6.07, 6.45) is 1.41. The molecule has 9 heteroatoms. The van der Waals surface area contributed by atoms with Gasteiger partial charge in [-0.15, -0.1) is 11.8 Å². The molecular weight excluding hydrogens is 416 g/mol. The average molecular weight is 441 g/mol. The summed E-state index contributed by atoms with van der Waals surface area (Å²) in [5.74, 6) is 0.737. The van der Waals surface area contributed by atoms with Crippen LogP contribution in [0.25, 0.3) is 0 Å². The van der Waals surface area contributed by atoms with E-state index in [-0.39, 0.29) is 22.5 Å². The minimum atomic E-state index is -0.472. The summed E-state index contributed by atoms with van der Waals surface area (Å²) < 4.78 is 0. The van der Waals surface area contributed by atoms with Crippen molar-refractivity contribution < 1.29 is 14.5 Å². The van der Waals surface area contributed by atoms with Crippen molar-refractivity contribution >= 4 is 29.4 Å². The number of nitro benzene ring substituents is 1. The highest BCUT2D eigenvalue weighted by atomic mass is 32.2. The van der Waals surface area contributed by atoms with Crippen LogP contribution >= 0.6 is 11.8 Å². The largest absolute Gasteiger partial charge is 0.334 e. The van der Waals surface area contributed by atoms with Crippen molar-refractivity contribution in [3.05, 3.63) is 75.8 Å². The molecule has 1 N–H and O–H groups in total. The van der Waals surface area contributed by atoms with E-state index in [2.05, 4.69) is 5.32 Å². The van der Waals surface area contributed by atoms with E-state index in [0.717, 1.165) is 11.3 Å². The van der Waals surface area contributed by atoms with Gasteiger partial charge in [0, 0.05) is 49.6 Å². The van der Waals surface area contributed by atoms with Gasteiger partial charge in [-0.1, -0.05) is 30.3 Å². The lowest BCUT2D eigenvalue weighted by molar-refractivity contribution is -0.384. The van der Waals surface area contributed by atoms with Crippen LogP contribution in [0.3, 0.4) is 0 Å². The Balaban J connectivity index is 1.37. The Hall–Kier alpha value is -3.07. The number of nitrogens with zero attached hydrogens (tertiary/aromatic N) is 3. The van der Waals surface area contributed by atoms with Crippen molar-refractivity contribution in [1.29, 1.82) is 0 Å². The highest BCUT2D eigenvalue weighted by Crippen LogP contribution is 2.44. The number of amides is 3. The van der Waals surface area contributed by atoms with Gasteiger partial charge >= 0.3 is 6.03 Å². The first-order valence-corrected chi connectivity index (χ1v) is 11.2. The molecule has 2 aliphatic heterocycles. The minimum absolute atomic E-state index is 0.0307. The number of non-ortho nitro benzene ring substituents is 1. The zero-order chi connectivity index (χ0) is 21.8. The Bertz CT molecular complexity index is 959. The number of nitrogens with one attached hydrogen (secondary N) is 1. The van der Waals surface area contributed by atoms with E-state index in [9.17, 15) is 19.7 Å². The zero-order valence-electron chi connectivity index (χ0n) is 17.0. The number of hydrogen-bond acceptors (Lipinski definition) is 5. The molecule has 2 aliphatic rings. The highest BCUT2D eigenvalue weighted by Gasteiger charge is 2.47. The van der Waals surface area contributed by atoms with E-state index in [0.29, 0.717) is 44.6 Å². The predicted octanol–water partition coefficient (Wildman–Crippen LogP) is 3.49. The number of urea groups is 1. The Morgan fingerprint density at radius 3 is 2.35 bits per heavy atom. The molecule has 4 rings (SSSR count). The molecule has 2 aromatic rings. The van der Waals surface area contributed by atoms with Gasteiger partial charge in [0.2, 0.25) is 0 Å². The van der Waals surface area contributed by atoms with E-state index in [4.69, 9.17) is 0 Å². The fourth-order valence-corrected chi connectivity index (χ4v) is 5.59. The molecule has 2 heterocycles. The Morgan fingerprint density at radius 1 is 1.03 bits per heavy atom. The van der Waals surface area contributed by atoms with E-state index >= 15 is 0 Å². The number of piperidine rings is 1. The van der Waals surface area contributed by atoms with Crippen LogP contribution in [0.1, 0.15) is 28.8 Å². The molecule has 1 spiro atoms. The molecule has 31 heavy (non-hydrogen) atoms. The summed E-state index contributed by atoms with van der Waals surface area (Å²) in [6, 6.07) is 15.5. The molecular formula is C22H24N4O4S. The van der Waals surface area contributed by atoms with Crippen LogP contribution in [-0.4, -0.2) is 56.9 Å². The van der Waals surface area contributed by atoms with Gasteiger partial charge in [-0.25, -0.2) is 4.79 Å². The number of carbonyl (C=O) groups is 2. The number of thioether (sulfide) groups is 1. The lowest BCUT2D eigenvalue weighted by Gasteiger charge is -2.44. The molecule has 3 amide bonds. The zero-order valence-corrected chi connectivity index (χ0v) is 17.8. The maximum absolute atomic E-state index is 13.1. The number of rotatable bonds is 4. The quantitative estimate of drug-likeness (QED) is 0.580. The van der Waals surface area contributed by atoms with Crippen LogP contribution < -0.4 is 5.32 Å². The Labute approximate surface area is 184 Å². The van der Waals surface area contributed by atoms with E-state index in [1.54, 1.807) is 11.8 Å². The van der Waals surface area contributed by atoms with Gasteiger partial charge in [-0.3, -0.25) is 14.9 Å². The maximum atomic E-state index is 13.1. The smallest absolute Gasteiger partial charge is 0.317 e. The second-order valence-electron chi connectivity index (χ2n) is 7.69. The number of carbonyl (C=O) groups excluding carboxylic acids is 2. The Morgan fingerprint density at radius 2 is 1.71 bits per heavy atom. The van der Waals surface area contributed by atoms with Gasteiger partial charge in [0.15, 0.2) is 0 Å². The van der Waals surface area contributed by atoms with Gasteiger partial charge in [-0.2, -0.15) is 0 Å². The van der Waals surface area contributed by atoms with E-state index in [1.807, 2.05) is 40.1 Å². The van der Waals surface area contributed by atoms with Gasteiger partial charge in [-0.05, 0) is 30.5 Å². The van der Waals surface area contributed by atoms with Crippen molar-refractivity contribution in [1.82, 2.24) is 15.1 Å². The summed E-state index contributed by atoms with van der Waals surface area (Å²) in [5, 5.41) is 13.8. The van der Waals surface area contributed by atoms with Crippen LogP contribution in [0.2, 0.25) is 0 Å². The summed E-state index contributed by atoms with van der Waals surface area (Å²) in [7, 11) is 0. The molecule has 2 aromatic carbocycles. The topological polar surface area (TPSA) is 95.8 Å². The number of benzene rings is 2. The molecule has 0 aliphatic carbocycles. The Kier molecular flexibility index (Phi) is 6.13. The monoisotopic (exact) mass is 440 g/mol. The van der Waals surface area contributed by atoms with Crippen LogP contribution in [0, 0.1) is 10.1 Å². The van der Waals surface area contributed by atoms with Crippen LogP contribution in [0.15, 0.2) is 54.6 Å². The summed E-state index contributed by atoms with van der Waals surface area (Å²) in [5.41, 5.74) is 1.47. The summed E-state index contributed by atoms with van der Waals surface area (Å²) in [4.78, 5) is 39.5. The average Bonchev–Trinajstić information content (AvgIpc) is 3.21. The van der Waals surface area contributed by atoms with Gasteiger partial charge in [0.1, 0.15) is 0 Å². The van der Waals surface area contributed by atoms with Gasteiger partial charge in [0.05, 0.1) is 9.79 Å². The molecule has 0 bridgehead atoms. The number of likely N-dealkylation sites (tertiary alicyclic amines) is 1. The van der Waals surface area contributed by atoms with Crippen molar-refractivity contribution in [2.75, 3.05) is 25.4 Å². The SMILES string of the molecule is O=C(NCc1ccccc1)N1CCC2(CC1)SCCN2C(=O)c1ccc([N+](=O)[O-])cc1. The predicted molar refractivity (Wildman–Crippen MR) is 119 cm³/mol. The summed E-state index contributed by atoms with van der Waals surface area (Å²) in [6.45, 7) is 2.29. The maximum Gasteiger partial charge on any atom is 0.317 e. The standard InChI is InChI=1S/C22H24N4O4S/c27-20(18-6-8-19(9-7-18)26(29)30)25-14-15-31-22(25)10-12-24(13-11-22)21(28)23-16-17-4-2-1-3-5-17/h1-9H,10-16H2,(H,23,28). The first kappa shape index (κ1) is 21.2. The number of nitro groups is 1. The minimum Gasteiger partial charge on any atom is -0.334 e. The molecule has 0 aromatic heterocycles. The van der Waals surface area contributed by atoms with Crippen molar-refractivity contribution in [3.8, 4) is 0 Å². The third-order valence-electron chi connectivity index (χ3n) is 5.87. The highest BCUT2D eigenvalue weighted by molar-refractivity contribution is 8.00. The van der Waals surface area contributed by atoms with Crippen LogP contribution in [-0.2, 0) is 6.54 Å². The molecule has 8 nitrogen and oxygen atoms in total. The molecule has 162 valence electrons.